The number of amidine groups is 1. The minimum Gasteiger partial charge on any atom is -0.420 e. The van der Waals surface area contributed by atoms with E-state index in [1.165, 1.54) is 5.69 Å². The van der Waals surface area contributed by atoms with Crippen LogP contribution in [0.4, 0.5) is 5.69 Å². The van der Waals surface area contributed by atoms with E-state index in [2.05, 4.69) is 42.8 Å². The van der Waals surface area contributed by atoms with Gasteiger partial charge >= 0.3 is 0 Å². The average Bonchev–Trinajstić information content (AvgIpc) is 2.92. The number of hydrogen-bond donors (Lipinski definition) is 0. The largest absolute Gasteiger partial charge is 0.420 e. The molecule has 0 unspecified atom stereocenters. The summed E-state index contributed by atoms with van der Waals surface area (Å²) in [5, 5.41) is 0. The normalized spacial score (nSPS) is 17.4. The molecule has 5 nitrogen and oxygen atoms in total. The first-order valence-corrected chi connectivity index (χ1v) is 9.25. The molecule has 1 heterocycles. The molecule has 0 spiro atoms. The van der Waals surface area contributed by atoms with Crippen molar-refractivity contribution in [3.05, 3.63) is 35.6 Å². The Morgan fingerprint density at radius 2 is 1.80 bits per heavy atom. The lowest BCUT2D eigenvalue weighted by Crippen LogP contribution is -2.29. The SMILES string of the molecule is CCCC/N=C1/O/C(=C/c2ccc(N(CC)CC)cc2)C(=O)N1CC. The number of rotatable bonds is 8. The molecule has 0 atom stereocenters. The van der Waals surface area contributed by atoms with Crippen molar-refractivity contribution in [1.82, 2.24) is 4.90 Å². The van der Waals surface area contributed by atoms with Crippen LogP contribution in [0, 0.1) is 0 Å². The van der Waals surface area contributed by atoms with Crippen LogP contribution in [-0.2, 0) is 9.53 Å². The van der Waals surface area contributed by atoms with Gasteiger partial charge in [-0.1, -0.05) is 25.5 Å². The summed E-state index contributed by atoms with van der Waals surface area (Å²) in [5.74, 6) is 0.221. The number of carbonyl (C=O) groups is 1. The molecule has 1 aromatic rings. The van der Waals surface area contributed by atoms with Gasteiger partial charge in [-0.25, -0.2) is 4.99 Å². The van der Waals surface area contributed by atoms with Crippen LogP contribution in [0.3, 0.4) is 0 Å². The van der Waals surface area contributed by atoms with E-state index in [0.717, 1.165) is 31.5 Å². The highest BCUT2D eigenvalue weighted by molar-refractivity contribution is 6.11. The number of likely N-dealkylation sites (N-methyl/N-ethyl adjacent to an activating group) is 1. The smallest absolute Gasteiger partial charge is 0.300 e. The van der Waals surface area contributed by atoms with E-state index in [4.69, 9.17) is 4.74 Å². The summed E-state index contributed by atoms with van der Waals surface area (Å²) < 4.78 is 5.72. The minimum atomic E-state index is -0.120. The predicted molar refractivity (Wildman–Crippen MR) is 104 cm³/mol. The number of nitrogens with zero attached hydrogens (tertiary/aromatic N) is 3. The Bertz CT molecular complexity index is 631. The van der Waals surface area contributed by atoms with Crippen molar-refractivity contribution < 1.29 is 9.53 Å². The molecule has 1 saturated heterocycles. The highest BCUT2D eigenvalue weighted by Crippen LogP contribution is 2.21. The highest BCUT2D eigenvalue weighted by atomic mass is 16.5. The number of carbonyl (C=O) groups excluding carboxylic acids is 1. The van der Waals surface area contributed by atoms with Crippen LogP contribution in [0.2, 0.25) is 0 Å². The number of anilines is 1. The molecule has 25 heavy (non-hydrogen) atoms. The van der Waals surface area contributed by atoms with Crippen molar-refractivity contribution in [3.63, 3.8) is 0 Å². The molecule has 1 fully saturated rings. The van der Waals surface area contributed by atoms with Crippen molar-refractivity contribution in [3.8, 4) is 0 Å². The molecule has 0 N–H and O–H groups in total. The topological polar surface area (TPSA) is 45.1 Å². The third kappa shape index (κ3) is 4.62. The lowest BCUT2D eigenvalue weighted by atomic mass is 10.1. The van der Waals surface area contributed by atoms with Crippen molar-refractivity contribution in [2.24, 2.45) is 4.99 Å². The van der Waals surface area contributed by atoms with Crippen LogP contribution in [0.1, 0.15) is 46.1 Å². The average molecular weight is 343 g/mol. The van der Waals surface area contributed by atoms with Gasteiger partial charge < -0.3 is 9.64 Å². The van der Waals surface area contributed by atoms with Crippen LogP contribution in [0.25, 0.3) is 6.08 Å². The van der Waals surface area contributed by atoms with Gasteiger partial charge in [-0.15, -0.1) is 0 Å². The zero-order valence-corrected chi connectivity index (χ0v) is 15.8. The quantitative estimate of drug-likeness (QED) is 0.531. The van der Waals surface area contributed by atoms with Gasteiger partial charge in [0.25, 0.3) is 11.9 Å². The molecule has 1 aromatic carbocycles. The number of ether oxygens (including phenoxy) is 1. The number of benzene rings is 1. The molecule has 0 aliphatic carbocycles. The number of aliphatic imine (C=N–C) groups is 1. The predicted octanol–water partition coefficient (Wildman–Crippen LogP) is 3.91. The first-order valence-electron chi connectivity index (χ1n) is 9.25. The summed E-state index contributed by atoms with van der Waals surface area (Å²) >= 11 is 0. The Balaban J connectivity index is 2.17. The second-order valence-corrected chi connectivity index (χ2v) is 5.94. The van der Waals surface area contributed by atoms with Gasteiger partial charge in [0.1, 0.15) is 0 Å². The fraction of sp³-hybridized carbons (Fsp3) is 0.500. The standard InChI is InChI=1S/C20H29N3O2/c1-5-9-14-21-20-23(8-4)19(24)18(25-20)15-16-10-12-17(13-11-16)22(6-2)7-3/h10-13,15H,5-9,14H2,1-4H3/b18-15+,21-20+. The summed E-state index contributed by atoms with van der Waals surface area (Å²) in [6.45, 7) is 11.5. The van der Waals surface area contributed by atoms with Crippen LogP contribution >= 0.6 is 0 Å². The first kappa shape index (κ1) is 19.0. The van der Waals surface area contributed by atoms with Gasteiger partial charge in [0.2, 0.25) is 0 Å². The molecule has 136 valence electrons. The Morgan fingerprint density at radius 1 is 1.12 bits per heavy atom. The Hall–Kier alpha value is -2.30. The molecule has 1 aliphatic heterocycles. The van der Waals surface area contributed by atoms with Gasteiger partial charge in [-0.3, -0.25) is 9.69 Å². The molecular formula is C20H29N3O2. The van der Waals surface area contributed by atoms with Gasteiger partial charge in [0, 0.05) is 31.9 Å². The first-order chi connectivity index (χ1) is 12.1. The lowest BCUT2D eigenvalue weighted by Gasteiger charge is -2.20. The van der Waals surface area contributed by atoms with E-state index in [-0.39, 0.29) is 5.91 Å². The second kappa shape index (κ2) is 9.25. The summed E-state index contributed by atoms with van der Waals surface area (Å²) in [6, 6.07) is 8.60. The second-order valence-electron chi connectivity index (χ2n) is 5.94. The van der Waals surface area contributed by atoms with Crippen molar-refractivity contribution in [1.29, 1.82) is 0 Å². The molecule has 1 amide bonds. The molecule has 0 saturated carbocycles. The highest BCUT2D eigenvalue weighted by Gasteiger charge is 2.33. The molecule has 5 heteroatoms. The number of amides is 1. The van der Waals surface area contributed by atoms with E-state index in [1.54, 1.807) is 11.0 Å². The van der Waals surface area contributed by atoms with Gasteiger partial charge in [-0.05, 0) is 51.0 Å². The van der Waals surface area contributed by atoms with Crippen LogP contribution in [-0.4, -0.2) is 43.0 Å². The molecule has 0 radical (unpaired) electrons. The summed E-state index contributed by atoms with van der Waals surface area (Å²) in [4.78, 5) is 20.8. The Morgan fingerprint density at radius 3 is 2.36 bits per heavy atom. The summed E-state index contributed by atoms with van der Waals surface area (Å²) in [5.41, 5.74) is 2.13. The zero-order valence-electron chi connectivity index (χ0n) is 15.8. The van der Waals surface area contributed by atoms with Crippen molar-refractivity contribution >= 4 is 23.7 Å². The van der Waals surface area contributed by atoms with E-state index in [0.29, 0.717) is 24.9 Å². The van der Waals surface area contributed by atoms with Crippen LogP contribution in [0.15, 0.2) is 35.0 Å². The van der Waals surface area contributed by atoms with Gasteiger partial charge in [0.05, 0.1) is 0 Å². The number of unbranched alkanes of at least 4 members (excludes halogenated alkanes) is 1. The third-order valence-corrected chi connectivity index (χ3v) is 4.28. The van der Waals surface area contributed by atoms with Crippen LogP contribution in [0.5, 0.6) is 0 Å². The van der Waals surface area contributed by atoms with E-state index >= 15 is 0 Å². The van der Waals surface area contributed by atoms with Crippen LogP contribution < -0.4 is 4.90 Å². The Kier molecular flexibility index (Phi) is 7.04. The van der Waals surface area contributed by atoms with E-state index in [1.807, 2.05) is 19.1 Å². The minimum absolute atomic E-state index is 0.120. The number of hydrogen-bond acceptors (Lipinski definition) is 4. The van der Waals surface area contributed by atoms with Gasteiger partial charge in [0.15, 0.2) is 5.76 Å². The fourth-order valence-electron chi connectivity index (χ4n) is 2.76. The maximum Gasteiger partial charge on any atom is 0.300 e. The van der Waals surface area contributed by atoms with E-state index < -0.39 is 0 Å². The molecule has 0 aromatic heterocycles. The van der Waals surface area contributed by atoms with Gasteiger partial charge in [-0.2, -0.15) is 0 Å². The Labute approximate surface area is 151 Å². The molecular weight excluding hydrogens is 314 g/mol. The molecule has 2 rings (SSSR count). The molecule has 1 aliphatic rings. The fourth-order valence-corrected chi connectivity index (χ4v) is 2.76. The monoisotopic (exact) mass is 343 g/mol. The lowest BCUT2D eigenvalue weighted by molar-refractivity contribution is -0.122. The third-order valence-electron chi connectivity index (χ3n) is 4.28. The zero-order chi connectivity index (χ0) is 18.2. The summed E-state index contributed by atoms with van der Waals surface area (Å²) in [6.07, 6.45) is 3.85. The molecule has 0 bridgehead atoms. The maximum atomic E-state index is 12.5. The van der Waals surface area contributed by atoms with E-state index in [9.17, 15) is 4.79 Å². The maximum absolute atomic E-state index is 12.5. The van der Waals surface area contributed by atoms with Crippen molar-refractivity contribution in [2.75, 3.05) is 31.1 Å². The summed E-state index contributed by atoms with van der Waals surface area (Å²) in [7, 11) is 0. The van der Waals surface area contributed by atoms with Crippen molar-refractivity contribution in [2.45, 2.75) is 40.5 Å².